The van der Waals surface area contributed by atoms with Gasteiger partial charge in [0.25, 0.3) is 0 Å². The third-order valence-corrected chi connectivity index (χ3v) is 5.30. The third-order valence-electron chi connectivity index (χ3n) is 5.30. The van der Waals surface area contributed by atoms with Crippen LogP contribution >= 0.6 is 0 Å². The molecule has 0 radical (unpaired) electrons. The second-order valence-electron chi connectivity index (χ2n) is 6.42. The molecule has 0 aromatic carbocycles. The van der Waals surface area contributed by atoms with Gasteiger partial charge in [-0.3, -0.25) is 4.90 Å². The molecular formula is C17H32N2. The van der Waals surface area contributed by atoms with Gasteiger partial charge >= 0.3 is 0 Å². The molecule has 0 aromatic heterocycles. The Kier molecular flexibility index (Phi) is 5.47. The van der Waals surface area contributed by atoms with E-state index in [-0.39, 0.29) is 0 Å². The van der Waals surface area contributed by atoms with Crippen molar-refractivity contribution in [3.8, 4) is 0 Å². The summed E-state index contributed by atoms with van der Waals surface area (Å²) in [6.07, 6.45) is 10.7. The maximum absolute atomic E-state index is 4.27. The zero-order valence-electron chi connectivity index (χ0n) is 13.0. The largest absolute Gasteiger partial charge is 0.312 e. The van der Waals surface area contributed by atoms with Crippen LogP contribution in [0.5, 0.6) is 0 Å². The summed E-state index contributed by atoms with van der Waals surface area (Å²) in [5.41, 5.74) is 1.85. The van der Waals surface area contributed by atoms with E-state index in [1.165, 1.54) is 63.6 Å². The van der Waals surface area contributed by atoms with Gasteiger partial charge in [0, 0.05) is 11.6 Å². The second kappa shape index (κ2) is 6.90. The van der Waals surface area contributed by atoms with Crippen molar-refractivity contribution >= 4 is 0 Å². The number of hydrogen-bond donors (Lipinski definition) is 1. The predicted octanol–water partition coefficient (Wildman–Crippen LogP) is 3.73. The van der Waals surface area contributed by atoms with Gasteiger partial charge < -0.3 is 5.32 Å². The van der Waals surface area contributed by atoms with Crippen molar-refractivity contribution in [2.45, 2.75) is 76.8 Å². The molecule has 2 rings (SSSR count). The fraction of sp³-hybridized carbons (Fsp3) is 0.882. The Morgan fingerprint density at radius 3 is 2.32 bits per heavy atom. The number of hydrogen-bond acceptors (Lipinski definition) is 2. The molecule has 1 heterocycles. The first-order valence-corrected chi connectivity index (χ1v) is 8.38. The average molecular weight is 264 g/mol. The number of likely N-dealkylation sites (N-methyl/N-ethyl adjacent to an activating group) is 1. The molecule has 0 spiro atoms. The van der Waals surface area contributed by atoms with Crippen molar-refractivity contribution in [1.82, 2.24) is 10.2 Å². The van der Waals surface area contributed by atoms with Gasteiger partial charge in [-0.1, -0.05) is 38.8 Å². The lowest BCUT2D eigenvalue weighted by Gasteiger charge is -2.46. The van der Waals surface area contributed by atoms with E-state index in [9.17, 15) is 0 Å². The maximum atomic E-state index is 4.27. The van der Waals surface area contributed by atoms with E-state index in [1.54, 1.807) is 0 Å². The minimum atomic E-state index is 0.435. The van der Waals surface area contributed by atoms with Crippen LogP contribution in [0.1, 0.15) is 65.2 Å². The Morgan fingerprint density at radius 2 is 1.79 bits per heavy atom. The van der Waals surface area contributed by atoms with Crippen molar-refractivity contribution in [2.75, 3.05) is 19.6 Å². The summed E-state index contributed by atoms with van der Waals surface area (Å²) in [5, 5.41) is 3.80. The van der Waals surface area contributed by atoms with Gasteiger partial charge in [0.1, 0.15) is 0 Å². The Balaban J connectivity index is 2.15. The van der Waals surface area contributed by atoms with E-state index >= 15 is 0 Å². The van der Waals surface area contributed by atoms with Gasteiger partial charge in [-0.15, -0.1) is 0 Å². The normalized spacial score (nSPS) is 24.7. The topological polar surface area (TPSA) is 15.3 Å². The summed E-state index contributed by atoms with van der Waals surface area (Å²) in [4.78, 5) is 2.82. The van der Waals surface area contributed by atoms with Gasteiger partial charge in [0.15, 0.2) is 0 Å². The molecule has 2 heteroatoms. The van der Waals surface area contributed by atoms with Crippen molar-refractivity contribution < 1.29 is 0 Å². The average Bonchev–Trinajstić information content (AvgIpc) is 3.09. The number of likely N-dealkylation sites (tertiary alicyclic amines) is 1. The van der Waals surface area contributed by atoms with Crippen LogP contribution in [-0.2, 0) is 0 Å². The van der Waals surface area contributed by atoms with E-state index in [1.807, 2.05) is 0 Å². The lowest BCUT2D eigenvalue weighted by atomic mass is 9.82. The van der Waals surface area contributed by atoms with Crippen LogP contribution in [0, 0.1) is 0 Å². The molecule has 2 nitrogen and oxygen atoms in total. The monoisotopic (exact) mass is 264 g/mol. The highest BCUT2D eigenvalue weighted by molar-refractivity contribution is 5.10. The van der Waals surface area contributed by atoms with Gasteiger partial charge in [0.05, 0.1) is 0 Å². The van der Waals surface area contributed by atoms with Gasteiger partial charge in [0.2, 0.25) is 0 Å². The van der Waals surface area contributed by atoms with E-state index in [4.69, 9.17) is 0 Å². The van der Waals surface area contributed by atoms with Crippen molar-refractivity contribution in [3.05, 3.63) is 12.2 Å². The third kappa shape index (κ3) is 3.22. The van der Waals surface area contributed by atoms with E-state index in [2.05, 4.69) is 30.6 Å². The number of rotatable bonds is 7. The minimum absolute atomic E-state index is 0.435. The lowest BCUT2D eigenvalue weighted by molar-refractivity contribution is 0.0770. The molecule has 1 saturated carbocycles. The molecule has 2 aliphatic rings. The molecular weight excluding hydrogens is 232 g/mol. The summed E-state index contributed by atoms with van der Waals surface area (Å²) < 4.78 is 0. The Labute approximate surface area is 119 Å². The highest BCUT2D eigenvalue weighted by Crippen LogP contribution is 2.41. The Bertz CT molecular complexity index is 286. The summed E-state index contributed by atoms with van der Waals surface area (Å²) >= 11 is 0. The molecule has 110 valence electrons. The number of nitrogens with zero attached hydrogens (tertiary/aromatic N) is 1. The van der Waals surface area contributed by atoms with Crippen LogP contribution in [0.4, 0.5) is 0 Å². The first-order valence-electron chi connectivity index (χ1n) is 8.38. The lowest BCUT2D eigenvalue weighted by Crippen LogP contribution is -2.59. The molecule has 0 aromatic rings. The Morgan fingerprint density at radius 1 is 1.16 bits per heavy atom. The van der Waals surface area contributed by atoms with E-state index < -0.39 is 0 Å². The van der Waals surface area contributed by atoms with Crippen LogP contribution in [0.2, 0.25) is 0 Å². The molecule has 1 aliphatic carbocycles. The minimum Gasteiger partial charge on any atom is -0.312 e. The standard InChI is InChI=1S/C17H32N2/c1-4-15(3)14-16(18-5-2)17(10-6-7-11-17)19-12-8-9-13-19/h16,18H,3-14H2,1-2H3. The van der Waals surface area contributed by atoms with E-state index in [0.717, 1.165) is 13.0 Å². The van der Waals surface area contributed by atoms with Gasteiger partial charge in [-0.25, -0.2) is 0 Å². The SMILES string of the molecule is C=C(CC)CC(NCC)C1(N2CCCC2)CCCC1. The molecule has 2 fully saturated rings. The van der Waals surface area contributed by atoms with Crippen LogP contribution in [0.3, 0.4) is 0 Å². The number of nitrogens with one attached hydrogen (secondary N) is 1. The summed E-state index contributed by atoms with van der Waals surface area (Å²) in [6, 6.07) is 0.616. The highest BCUT2D eigenvalue weighted by Gasteiger charge is 2.46. The highest BCUT2D eigenvalue weighted by atomic mass is 15.2. The molecule has 1 N–H and O–H groups in total. The van der Waals surface area contributed by atoms with Gasteiger partial charge in [-0.05, 0) is 58.2 Å². The zero-order chi connectivity index (χ0) is 13.7. The van der Waals surface area contributed by atoms with Crippen molar-refractivity contribution in [1.29, 1.82) is 0 Å². The first-order chi connectivity index (χ1) is 9.23. The van der Waals surface area contributed by atoms with Crippen molar-refractivity contribution in [2.24, 2.45) is 0 Å². The van der Waals surface area contributed by atoms with E-state index in [0.29, 0.717) is 11.6 Å². The maximum Gasteiger partial charge on any atom is 0.0365 e. The second-order valence-corrected chi connectivity index (χ2v) is 6.42. The summed E-state index contributed by atoms with van der Waals surface area (Å²) in [6.45, 7) is 12.5. The molecule has 1 unspecified atom stereocenters. The zero-order valence-corrected chi connectivity index (χ0v) is 13.0. The summed E-state index contributed by atoms with van der Waals surface area (Å²) in [7, 11) is 0. The quantitative estimate of drug-likeness (QED) is 0.705. The van der Waals surface area contributed by atoms with Crippen molar-refractivity contribution in [3.63, 3.8) is 0 Å². The van der Waals surface area contributed by atoms with Crippen LogP contribution in [0.25, 0.3) is 0 Å². The Hall–Kier alpha value is -0.340. The van der Waals surface area contributed by atoms with Gasteiger partial charge in [-0.2, -0.15) is 0 Å². The van der Waals surface area contributed by atoms with Crippen LogP contribution in [-0.4, -0.2) is 36.1 Å². The fourth-order valence-electron chi connectivity index (χ4n) is 4.17. The molecule has 0 amide bonds. The molecule has 1 saturated heterocycles. The van der Waals surface area contributed by atoms with Crippen LogP contribution in [0.15, 0.2) is 12.2 Å². The van der Waals surface area contributed by atoms with Crippen LogP contribution < -0.4 is 5.32 Å². The molecule has 0 bridgehead atoms. The first kappa shape index (κ1) is 15.1. The fourth-order valence-corrected chi connectivity index (χ4v) is 4.17. The molecule has 19 heavy (non-hydrogen) atoms. The smallest absolute Gasteiger partial charge is 0.0365 e. The molecule has 1 atom stereocenters. The molecule has 1 aliphatic heterocycles. The predicted molar refractivity (Wildman–Crippen MR) is 83.5 cm³/mol. The summed E-state index contributed by atoms with van der Waals surface area (Å²) in [5.74, 6) is 0.